The molecule has 0 spiro atoms. The van der Waals surface area contributed by atoms with Crippen molar-refractivity contribution in [3.63, 3.8) is 0 Å². The van der Waals surface area contributed by atoms with Gasteiger partial charge in [-0.1, -0.05) is 0 Å². The summed E-state index contributed by atoms with van der Waals surface area (Å²) in [6.07, 6.45) is 2.46. The third kappa shape index (κ3) is 2.58. The Morgan fingerprint density at radius 3 is 3.00 bits per heavy atom. The quantitative estimate of drug-likeness (QED) is 0.882. The van der Waals surface area contributed by atoms with E-state index in [0.717, 1.165) is 13.0 Å². The molecule has 1 aliphatic heterocycles. The van der Waals surface area contributed by atoms with Crippen molar-refractivity contribution in [1.29, 1.82) is 0 Å². The number of aromatic nitrogens is 1. The van der Waals surface area contributed by atoms with Crippen LogP contribution in [0.1, 0.15) is 16.8 Å². The monoisotopic (exact) mass is 300 g/mol. The fourth-order valence-electron chi connectivity index (χ4n) is 2.02. The zero-order valence-electron chi connectivity index (χ0n) is 9.14. The fourth-order valence-corrected chi connectivity index (χ4v) is 2.35. The molecule has 0 aromatic carbocycles. The van der Waals surface area contributed by atoms with E-state index in [-0.39, 0.29) is 18.1 Å². The van der Waals surface area contributed by atoms with Gasteiger partial charge in [0, 0.05) is 36.3 Å². The average molecular weight is 301 g/mol. The second kappa shape index (κ2) is 5.01. The minimum Gasteiger partial charge on any atom is -0.478 e. The third-order valence-electron chi connectivity index (χ3n) is 2.91. The smallest absolute Gasteiger partial charge is 0.339 e. The predicted octanol–water partition coefficient (Wildman–Crippen LogP) is 1.36. The highest BCUT2D eigenvalue weighted by atomic mass is 79.9. The van der Waals surface area contributed by atoms with Gasteiger partial charge in [0.2, 0.25) is 0 Å². The number of carbonyl (C=O) groups is 1. The minimum absolute atomic E-state index is 0.134. The number of rotatable bonds is 3. The van der Waals surface area contributed by atoms with Gasteiger partial charge in [0.05, 0.1) is 0 Å². The Bertz CT molecular complexity index is 439. The molecule has 1 unspecified atom stereocenters. The first-order valence-corrected chi connectivity index (χ1v) is 6.15. The highest BCUT2D eigenvalue weighted by molar-refractivity contribution is 9.10. The number of anilines is 1. The molecule has 17 heavy (non-hydrogen) atoms. The molecule has 1 atom stereocenters. The number of carboxylic acid groups (broad SMARTS) is 1. The Hall–Kier alpha value is -1.14. The molecule has 6 heteroatoms. The van der Waals surface area contributed by atoms with Crippen molar-refractivity contribution in [3.05, 3.63) is 22.3 Å². The summed E-state index contributed by atoms with van der Waals surface area (Å²) in [5.41, 5.74) is 0.193. The number of aliphatic hydroxyl groups excluding tert-OH is 1. The van der Waals surface area contributed by atoms with Gasteiger partial charge in [-0.05, 0) is 28.4 Å². The summed E-state index contributed by atoms with van der Waals surface area (Å²) in [5, 5.41) is 18.2. The van der Waals surface area contributed by atoms with E-state index in [9.17, 15) is 4.79 Å². The summed E-state index contributed by atoms with van der Waals surface area (Å²) in [5.74, 6) is -0.292. The lowest BCUT2D eigenvalue weighted by atomic mass is 10.1. The van der Waals surface area contributed by atoms with Crippen LogP contribution in [-0.4, -0.2) is 40.9 Å². The maximum Gasteiger partial charge on any atom is 0.339 e. The number of aromatic carboxylic acids is 1. The van der Waals surface area contributed by atoms with E-state index < -0.39 is 5.97 Å². The Morgan fingerprint density at radius 2 is 2.41 bits per heavy atom. The second-order valence-electron chi connectivity index (χ2n) is 4.11. The summed E-state index contributed by atoms with van der Waals surface area (Å²) in [6.45, 7) is 1.53. The largest absolute Gasteiger partial charge is 0.478 e. The van der Waals surface area contributed by atoms with E-state index in [4.69, 9.17) is 10.2 Å². The SMILES string of the molecule is O=C(O)c1cc(Br)cnc1N1CCC(CO)C1. The topological polar surface area (TPSA) is 73.7 Å². The second-order valence-corrected chi connectivity index (χ2v) is 5.03. The number of halogens is 1. The number of aliphatic hydroxyl groups is 1. The molecule has 0 saturated carbocycles. The Balaban J connectivity index is 2.29. The summed E-state index contributed by atoms with van der Waals surface area (Å²) >= 11 is 3.21. The van der Waals surface area contributed by atoms with Crippen molar-refractivity contribution >= 4 is 27.7 Å². The molecule has 0 amide bonds. The lowest BCUT2D eigenvalue weighted by molar-refractivity contribution is 0.0697. The lowest BCUT2D eigenvalue weighted by Crippen LogP contribution is -2.24. The molecule has 2 heterocycles. The van der Waals surface area contributed by atoms with E-state index in [1.807, 2.05) is 4.90 Å². The first-order chi connectivity index (χ1) is 8.11. The third-order valence-corrected chi connectivity index (χ3v) is 3.34. The fraction of sp³-hybridized carbons (Fsp3) is 0.455. The zero-order chi connectivity index (χ0) is 12.4. The van der Waals surface area contributed by atoms with Gasteiger partial charge in [0.25, 0.3) is 0 Å². The van der Waals surface area contributed by atoms with Crippen LogP contribution in [0.4, 0.5) is 5.82 Å². The molecular formula is C11H13BrN2O3. The van der Waals surface area contributed by atoms with Gasteiger partial charge >= 0.3 is 5.97 Å². The standard InChI is InChI=1S/C11H13BrN2O3/c12-8-3-9(11(16)17)10(13-4-8)14-2-1-7(5-14)6-15/h3-4,7,15H,1-2,5-6H2,(H,16,17). The van der Waals surface area contributed by atoms with Crippen LogP contribution >= 0.6 is 15.9 Å². The average Bonchev–Trinajstić information content (AvgIpc) is 2.77. The van der Waals surface area contributed by atoms with Crippen LogP contribution < -0.4 is 4.90 Å². The van der Waals surface area contributed by atoms with Crippen molar-refractivity contribution in [2.45, 2.75) is 6.42 Å². The summed E-state index contributed by atoms with van der Waals surface area (Å²) < 4.78 is 0.650. The molecule has 1 aromatic heterocycles. The molecule has 92 valence electrons. The van der Waals surface area contributed by atoms with Gasteiger partial charge in [-0.3, -0.25) is 0 Å². The molecule has 5 nitrogen and oxygen atoms in total. The van der Waals surface area contributed by atoms with Gasteiger partial charge in [0.15, 0.2) is 0 Å². The number of hydrogen-bond donors (Lipinski definition) is 2. The molecule has 0 radical (unpaired) electrons. The molecule has 1 saturated heterocycles. The van der Waals surface area contributed by atoms with Gasteiger partial charge in [-0.15, -0.1) is 0 Å². The van der Waals surface area contributed by atoms with E-state index in [1.165, 1.54) is 0 Å². The minimum atomic E-state index is -0.985. The van der Waals surface area contributed by atoms with Crippen molar-refractivity contribution in [3.8, 4) is 0 Å². The van der Waals surface area contributed by atoms with Crippen LogP contribution in [0.5, 0.6) is 0 Å². The van der Waals surface area contributed by atoms with Crippen molar-refractivity contribution in [1.82, 2.24) is 4.98 Å². The first-order valence-electron chi connectivity index (χ1n) is 5.36. The number of nitrogens with zero attached hydrogens (tertiary/aromatic N) is 2. The lowest BCUT2D eigenvalue weighted by Gasteiger charge is -2.19. The van der Waals surface area contributed by atoms with E-state index in [0.29, 0.717) is 16.8 Å². The van der Waals surface area contributed by atoms with E-state index in [1.54, 1.807) is 12.3 Å². The Labute approximate surface area is 107 Å². The number of hydrogen-bond acceptors (Lipinski definition) is 4. The van der Waals surface area contributed by atoms with Crippen molar-refractivity contribution in [2.75, 3.05) is 24.6 Å². The van der Waals surface area contributed by atoms with Gasteiger partial charge < -0.3 is 15.1 Å². The summed E-state index contributed by atoms with van der Waals surface area (Å²) in [7, 11) is 0. The zero-order valence-corrected chi connectivity index (χ0v) is 10.7. The highest BCUT2D eigenvalue weighted by Crippen LogP contribution is 2.26. The van der Waals surface area contributed by atoms with Crippen LogP contribution in [0.3, 0.4) is 0 Å². The van der Waals surface area contributed by atoms with Gasteiger partial charge in [-0.25, -0.2) is 9.78 Å². The van der Waals surface area contributed by atoms with Crippen LogP contribution in [0, 0.1) is 5.92 Å². The predicted molar refractivity (Wildman–Crippen MR) is 66.3 cm³/mol. The highest BCUT2D eigenvalue weighted by Gasteiger charge is 2.26. The van der Waals surface area contributed by atoms with Crippen LogP contribution in [0.15, 0.2) is 16.7 Å². The molecule has 2 N–H and O–H groups in total. The van der Waals surface area contributed by atoms with Crippen LogP contribution in [0.2, 0.25) is 0 Å². The van der Waals surface area contributed by atoms with Crippen LogP contribution in [0.25, 0.3) is 0 Å². The first kappa shape index (κ1) is 12.3. The molecule has 2 rings (SSSR count). The molecule has 0 bridgehead atoms. The maximum absolute atomic E-state index is 11.1. The normalized spacial score (nSPS) is 19.6. The summed E-state index contributed by atoms with van der Waals surface area (Å²) in [6, 6.07) is 1.55. The number of pyridine rings is 1. The summed E-state index contributed by atoms with van der Waals surface area (Å²) in [4.78, 5) is 17.2. The van der Waals surface area contributed by atoms with E-state index >= 15 is 0 Å². The van der Waals surface area contributed by atoms with Crippen LogP contribution in [-0.2, 0) is 0 Å². The molecule has 0 aliphatic carbocycles. The number of carboxylic acids is 1. The van der Waals surface area contributed by atoms with Crippen molar-refractivity contribution in [2.24, 2.45) is 5.92 Å². The van der Waals surface area contributed by atoms with E-state index in [2.05, 4.69) is 20.9 Å². The maximum atomic E-state index is 11.1. The van der Waals surface area contributed by atoms with Gasteiger partial charge in [-0.2, -0.15) is 0 Å². The van der Waals surface area contributed by atoms with Gasteiger partial charge in [0.1, 0.15) is 11.4 Å². The molecule has 1 fully saturated rings. The Kier molecular flexibility index (Phi) is 3.63. The molecular weight excluding hydrogens is 288 g/mol. The van der Waals surface area contributed by atoms with Crippen molar-refractivity contribution < 1.29 is 15.0 Å². The molecule has 1 aromatic rings. The molecule has 1 aliphatic rings. The Morgan fingerprint density at radius 1 is 1.65 bits per heavy atom.